The minimum Gasteiger partial charge on any atom is -0.497 e. The third-order valence-corrected chi connectivity index (χ3v) is 4.14. The first-order valence-corrected chi connectivity index (χ1v) is 9.15. The van der Waals surface area contributed by atoms with Crippen LogP contribution in [0.15, 0.2) is 48.5 Å². The van der Waals surface area contributed by atoms with Crippen molar-refractivity contribution in [1.82, 2.24) is 10.6 Å². The number of hydrogen-bond acceptors (Lipinski definition) is 6. The molecule has 2 aromatic rings. The van der Waals surface area contributed by atoms with Crippen molar-refractivity contribution in [3.05, 3.63) is 59.7 Å². The predicted octanol–water partition coefficient (Wildman–Crippen LogP) is 1.78. The summed E-state index contributed by atoms with van der Waals surface area (Å²) in [6, 6.07) is 14.0. The van der Waals surface area contributed by atoms with Gasteiger partial charge in [0, 0.05) is 5.69 Å². The number of amides is 3. The summed E-state index contributed by atoms with van der Waals surface area (Å²) in [5, 5.41) is 33.6. The van der Waals surface area contributed by atoms with Gasteiger partial charge in [-0.3, -0.25) is 10.2 Å². The Kier molecular flexibility index (Phi) is 8.35. The van der Waals surface area contributed by atoms with Crippen LogP contribution >= 0.6 is 0 Å². The Labute approximate surface area is 174 Å². The maximum atomic E-state index is 12.4. The molecule has 0 aromatic heterocycles. The molecule has 0 saturated carbocycles. The zero-order valence-corrected chi connectivity index (χ0v) is 16.4. The first kappa shape index (κ1) is 22.4. The van der Waals surface area contributed by atoms with E-state index in [9.17, 15) is 9.59 Å². The van der Waals surface area contributed by atoms with Crippen LogP contribution in [0, 0.1) is 16.7 Å². The van der Waals surface area contributed by atoms with Crippen LogP contribution in [-0.4, -0.2) is 42.6 Å². The zero-order valence-electron chi connectivity index (χ0n) is 16.4. The van der Waals surface area contributed by atoms with E-state index >= 15 is 0 Å². The minimum atomic E-state index is -0.820. The lowest BCUT2D eigenvalue weighted by atomic mass is 10.0. The number of carbonyl (C=O) groups is 2. The first-order chi connectivity index (χ1) is 14.4. The standard InChI is InChI=1S/C21H23N5O4/c1-30-17-8-4-14(5-9-17)12-18(20(23)26-19(28)10-11-27)25-21(29)24-16-6-2-15(13-22)3-7-16/h2-9,18,27H,10-12H2,1H3,(H2,23,26,28)(H2,24,25,29). The van der Waals surface area contributed by atoms with E-state index in [4.69, 9.17) is 20.5 Å². The van der Waals surface area contributed by atoms with Crippen LogP contribution in [0.3, 0.4) is 0 Å². The van der Waals surface area contributed by atoms with E-state index in [-0.39, 0.29) is 25.3 Å². The van der Waals surface area contributed by atoms with Crippen LogP contribution in [0.25, 0.3) is 0 Å². The minimum absolute atomic E-state index is 0.144. The maximum Gasteiger partial charge on any atom is 0.319 e. The van der Waals surface area contributed by atoms with Gasteiger partial charge < -0.3 is 25.8 Å². The maximum absolute atomic E-state index is 12.4. The van der Waals surface area contributed by atoms with E-state index in [1.807, 2.05) is 6.07 Å². The molecule has 0 spiro atoms. The Morgan fingerprint density at radius 3 is 2.40 bits per heavy atom. The highest BCUT2D eigenvalue weighted by Gasteiger charge is 2.20. The summed E-state index contributed by atoms with van der Waals surface area (Å²) in [6.45, 7) is -0.338. The van der Waals surface area contributed by atoms with Gasteiger partial charge in [-0.15, -0.1) is 0 Å². The number of carbonyl (C=O) groups excluding carboxylic acids is 2. The van der Waals surface area contributed by atoms with Crippen molar-refractivity contribution < 1.29 is 19.4 Å². The smallest absolute Gasteiger partial charge is 0.319 e. The fourth-order valence-electron chi connectivity index (χ4n) is 2.58. The molecule has 0 heterocycles. The van der Waals surface area contributed by atoms with Gasteiger partial charge in [-0.05, 0) is 48.4 Å². The van der Waals surface area contributed by atoms with Gasteiger partial charge in [-0.1, -0.05) is 12.1 Å². The molecule has 2 aromatic carbocycles. The van der Waals surface area contributed by atoms with E-state index in [2.05, 4.69) is 16.0 Å². The quantitative estimate of drug-likeness (QED) is 0.333. The third-order valence-electron chi connectivity index (χ3n) is 4.14. The summed E-state index contributed by atoms with van der Waals surface area (Å²) in [6.07, 6.45) is 0.109. The number of nitrogens with one attached hydrogen (secondary N) is 4. The number of methoxy groups -OCH3 is 1. The van der Waals surface area contributed by atoms with Gasteiger partial charge in [-0.25, -0.2) is 4.79 Å². The number of aliphatic hydroxyl groups excluding tert-OH is 1. The SMILES string of the molecule is COc1ccc(CC(NC(=O)Nc2ccc(C#N)cc2)C(=N)NC(=O)CCO)cc1. The second-order valence-electron chi connectivity index (χ2n) is 6.33. The Hall–Kier alpha value is -3.90. The van der Waals surface area contributed by atoms with Crippen molar-refractivity contribution in [2.24, 2.45) is 0 Å². The normalized spacial score (nSPS) is 11.0. The second kappa shape index (κ2) is 11.2. The van der Waals surface area contributed by atoms with E-state index in [0.717, 1.165) is 5.56 Å². The molecular formula is C21H23N5O4. The van der Waals surface area contributed by atoms with Crippen LogP contribution in [-0.2, 0) is 11.2 Å². The molecular weight excluding hydrogens is 386 g/mol. The van der Waals surface area contributed by atoms with Crippen molar-refractivity contribution in [2.45, 2.75) is 18.9 Å². The van der Waals surface area contributed by atoms with Crippen molar-refractivity contribution in [1.29, 1.82) is 10.7 Å². The Morgan fingerprint density at radius 2 is 1.83 bits per heavy atom. The Bertz CT molecular complexity index is 920. The molecule has 1 unspecified atom stereocenters. The summed E-state index contributed by atoms with van der Waals surface area (Å²) < 4.78 is 5.13. The molecule has 0 radical (unpaired) electrons. The molecule has 0 saturated heterocycles. The van der Waals surface area contributed by atoms with Crippen LogP contribution in [0.2, 0.25) is 0 Å². The Morgan fingerprint density at radius 1 is 1.17 bits per heavy atom. The van der Waals surface area contributed by atoms with Crippen LogP contribution < -0.4 is 20.7 Å². The zero-order chi connectivity index (χ0) is 21.9. The van der Waals surface area contributed by atoms with Crippen molar-refractivity contribution in [3.8, 4) is 11.8 Å². The van der Waals surface area contributed by atoms with Gasteiger partial charge >= 0.3 is 6.03 Å². The van der Waals surface area contributed by atoms with Gasteiger partial charge in [0.1, 0.15) is 11.6 Å². The average Bonchev–Trinajstić information content (AvgIpc) is 2.74. The lowest BCUT2D eigenvalue weighted by Crippen LogP contribution is -2.50. The number of hydrogen-bond donors (Lipinski definition) is 5. The van der Waals surface area contributed by atoms with Crippen LogP contribution in [0.5, 0.6) is 5.75 Å². The number of nitrogens with zero attached hydrogens (tertiary/aromatic N) is 1. The number of amidine groups is 1. The van der Waals surface area contributed by atoms with Gasteiger partial charge in [0.05, 0.1) is 37.8 Å². The largest absolute Gasteiger partial charge is 0.497 e. The molecule has 5 N–H and O–H groups in total. The molecule has 9 heteroatoms. The number of rotatable bonds is 8. The van der Waals surface area contributed by atoms with E-state index in [1.165, 1.54) is 0 Å². The molecule has 0 bridgehead atoms. The third kappa shape index (κ3) is 6.92. The van der Waals surface area contributed by atoms with Crippen molar-refractivity contribution in [3.63, 3.8) is 0 Å². The van der Waals surface area contributed by atoms with Gasteiger partial charge in [-0.2, -0.15) is 5.26 Å². The molecule has 9 nitrogen and oxygen atoms in total. The second-order valence-corrected chi connectivity index (χ2v) is 6.33. The number of ether oxygens (including phenoxy) is 1. The lowest BCUT2D eigenvalue weighted by molar-refractivity contribution is -0.120. The van der Waals surface area contributed by atoms with Gasteiger partial charge in [0.2, 0.25) is 5.91 Å². The number of anilines is 1. The molecule has 2 rings (SSSR count). The molecule has 0 aliphatic rings. The molecule has 156 valence electrons. The number of benzene rings is 2. The molecule has 0 aliphatic heterocycles. The topological polar surface area (TPSA) is 147 Å². The summed E-state index contributed by atoms with van der Waals surface area (Å²) in [5.74, 6) is -0.0380. The van der Waals surface area contributed by atoms with Crippen molar-refractivity contribution >= 4 is 23.5 Å². The van der Waals surface area contributed by atoms with Crippen LogP contribution in [0.1, 0.15) is 17.5 Å². The van der Waals surface area contributed by atoms with E-state index < -0.39 is 18.0 Å². The highest BCUT2D eigenvalue weighted by molar-refractivity contribution is 6.01. The number of nitriles is 1. The Balaban J connectivity index is 2.09. The molecule has 3 amide bonds. The van der Waals surface area contributed by atoms with Crippen molar-refractivity contribution in [2.75, 3.05) is 19.0 Å². The summed E-state index contributed by atoms with van der Waals surface area (Å²) in [7, 11) is 1.55. The predicted molar refractivity (Wildman–Crippen MR) is 111 cm³/mol. The van der Waals surface area contributed by atoms with Gasteiger partial charge in [0.15, 0.2) is 0 Å². The van der Waals surface area contributed by atoms with E-state index in [1.54, 1.807) is 55.6 Å². The molecule has 1 atom stereocenters. The molecule has 30 heavy (non-hydrogen) atoms. The fraction of sp³-hybridized carbons (Fsp3) is 0.238. The fourth-order valence-corrected chi connectivity index (χ4v) is 2.58. The lowest BCUT2D eigenvalue weighted by Gasteiger charge is -2.21. The van der Waals surface area contributed by atoms with Gasteiger partial charge in [0.25, 0.3) is 0 Å². The van der Waals surface area contributed by atoms with E-state index in [0.29, 0.717) is 17.0 Å². The van der Waals surface area contributed by atoms with Crippen LogP contribution in [0.4, 0.5) is 10.5 Å². The highest BCUT2D eigenvalue weighted by atomic mass is 16.5. The average molecular weight is 409 g/mol. The summed E-state index contributed by atoms with van der Waals surface area (Å²) in [5.41, 5.74) is 1.76. The molecule has 0 aliphatic carbocycles. The first-order valence-electron chi connectivity index (χ1n) is 9.15. The number of urea groups is 1. The summed E-state index contributed by atoms with van der Waals surface area (Å²) in [4.78, 5) is 24.2. The number of aliphatic hydroxyl groups is 1. The summed E-state index contributed by atoms with van der Waals surface area (Å²) >= 11 is 0. The monoisotopic (exact) mass is 409 g/mol. The highest BCUT2D eigenvalue weighted by Crippen LogP contribution is 2.13. The molecule has 0 fully saturated rings.